The highest BCUT2D eigenvalue weighted by Crippen LogP contribution is 2.21. The number of ether oxygens (including phenoxy) is 1. The fourth-order valence-corrected chi connectivity index (χ4v) is 3.02. The van der Waals surface area contributed by atoms with Gasteiger partial charge in [-0.3, -0.25) is 0 Å². The van der Waals surface area contributed by atoms with Crippen LogP contribution in [0.5, 0.6) is 0 Å². The van der Waals surface area contributed by atoms with Crippen molar-refractivity contribution in [3.8, 4) is 0 Å². The minimum atomic E-state index is 0.580. The van der Waals surface area contributed by atoms with E-state index in [0.29, 0.717) is 12.0 Å². The Balaban J connectivity index is 1.92. The molecular weight excluding hydrogens is 246 g/mol. The Morgan fingerprint density at radius 3 is 2.55 bits per heavy atom. The predicted octanol–water partition coefficient (Wildman–Crippen LogP) is 3.76. The molecule has 1 aliphatic rings. The monoisotopic (exact) mass is 275 g/mol. The normalized spacial score (nSPS) is 20.5. The second-order valence-corrected chi connectivity index (χ2v) is 6.32. The van der Waals surface area contributed by atoms with Crippen LogP contribution in [0.1, 0.15) is 50.7 Å². The number of nitrogens with one attached hydrogen (secondary N) is 1. The first-order valence-corrected chi connectivity index (χ1v) is 8.09. The summed E-state index contributed by atoms with van der Waals surface area (Å²) in [6.07, 6.45) is 3.59. The first-order chi connectivity index (χ1) is 9.69. The van der Waals surface area contributed by atoms with Crippen LogP contribution in [0.15, 0.2) is 24.3 Å². The summed E-state index contributed by atoms with van der Waals surface area (Å²) in [5.74, 6) is 1.36. The van der Waals surface area contributed by atoms with Crippen LogP contribution < -0.4 is 5.32 Å². The molecule has 0 saturated carbocycles. The van der Waals surface area contributed by atoms with E-state index in [4.69, 9.17) is 4.74 Å². The van der Waals surface area contributed by atoms with Gasteiger partial charge in [-0.15, -0.1) is 0 Å². The molecule has 2 heteroatoms. The highest BCUT2D eigenvalue weighted by molar-refractivity contribution is 5.25. The van der Waals surface area contributed by atoms with Crippen molar-refractivity contribution in [2.45, 2.75) is 52.0 Å². The molecule has 1 aromatic carbocycles. The molecule has 0 spiro atoms. The lowest BCUT2D eigenvalue weighted by atomic mass is 9.93. The highest BCUT2D eigenvalue weighted by atomic mass is 16.5. The largest absolute Gasteiger partial charge is 0.381 e. The van der Waals surface area contributed by atoms with Crippen molar-refractivity contribution in [3.05, 3.63) is 35.4 Å². The second kappa shape index (κ2) is 7.80. The Morgan fingerprint density at radius 2 is 2.00 bits per heavy atom. The van der Waals surface area contributed by atoms with Crippen molar-refractivity contribution in [1.29, 1.82) is 0 Å². The average Bonchev–Trinajstić information content (AvgIpc) is 2.92. The Kier molecular flexibility index (Phi) is 6.06. The van der Waals surface area contributed by atoms with E-state index < -0.39 is 0 Å². The van der Waals surface area contributed by atoms with Gasteiger partial charge < -0.3 is 10.1 Å². The first kappa shape index (κ1) is 15.5. The maximum atomic E-state index is 5.50. The van der Waals surface area contributed by atoms with E-state index in [1.165, 1.54) is 24.0 Å². The number of likely N-dealkylation sites (N-methyl/N-ethyl adjacent to an activating group) is 1. The molecule has 2 atom stereocenters. The molecule has 0 aliphatic carbocycles. The van der Waals surface area contributed by atoms with Crippen LogP contribution in [0.4, 0.5) is 0 Å². The molecule has 1 aromatic rings. The summed E-state index contributed by atoms with van der Waals surface area (Å²) in [5, 5.41) is 3.64. The Morgan fingerprint density at radius 1 is 1.25 bits per heavy atom. The molecule has 2 nitrogen and oxygen atoms in total. The smallest absolute Gasteiger partial charge is 0.0495 e. The van der Waals surface area contributed by atoms with E-state index in [1.807, 2.05) is 0 Å². The average molecular weight is 275 g/mol. The zero-order valence-electron chi connectivity index (χ0n) is 13.2. The van der Waals surface area contributed by atoms with Crippen LogP contribution in [0.25, 0.3) is 0 Å². The molecule has 0 amide bonds. The molecule has 2 rings (SSSR count). The number of rotatable bonds is 7. The molecule has 1 fully saturated rings. The van der Waals surface area contributed by atoms with Gasteiger partial charge in [0.25, 0.3) is 0 Å². The number of benzene rings is 1. The third-order valence-corrected chi connectivity index (χ3v) is 4.26. The van der Waals surface area contributed by atoms with Crippen molar-refractivity contribution in [2.24, 2.45) is 5.92 Å². The maximum Gasteiger partial charge on any atom is 0.0495 e. The summed E-state index contributed by atoms with van der Waals surface area (Å²) in [7, 11) is 0. The van der Waals surface area contributed by atoms with E-state index in [2.05, 4.69) is 50.4 Å². The predicted molar refractivity (Wildman–Crippen MR) is 85.2 cm³/mol. The molecule has 1 heterocycles. The van der Waals surface area contributed by atoms with Crippen LogP contribution in [-0.2, 0) is 11.2 Å². The summed E-state index contributed by atoms with van der Waals surface area (Å²) in [6, 6.07) is 9.73. The maximum absolute atomic E-state index is 5.50. The molecule has 0 bridgehead atoms. The van der Waals surface area contributed by atoms with Gasteiger partial charge in [-0.25, -0.2) is 0 Å². The van der Waals surface area contributed by atoms with Gasteiger partial charge in [0.1, 0.15) is 0 Å². The van der Waals surface area contributed by atoms with Gasteiger partial charge in [0.05, 0.1) is 0 Å². The minimum absolute atomic E-state index is 0.580. The van der Waals surface area contributed by atoms with E-state index in [0.717, 1.165) is 32.1 Å². The fraction of sp³-hybridized carbons (Fsp3) is 0.667. The van der Waals surface area contributed by atoms with Crippen LogP contribution >= 0.6 is 0 Å². The van der Waals surface area contributed by atoms with Gasteiger partial charge in [0.2, 0.25) is 0 Å². The van der Waals surface area contributed by atoms with E-state index in [-0.39, 0.29) is 0 Å². The quantitative estimate of drug-likeness (QED) is 0.818. The third-order valence-electron chi connectivity index (χ3n) is 4.26. The van der Waals surface area contributed by atoms with Crippen molar-refractivity contribution in [1.82, 2.24) is 5.32 Å². The zero-order valence-corrected chi connectivity index (χ0v) is 13.2. The van der Waals surface area contributed by atoms with Gasteiger partial charge in [0, 0.05) is 19.3 Å². The topological polar surface area (TPSA) is 21.3 Å². The first-order valence-electron chi connectivity index (χ1n) is 8.09. The number of hydrogen-bond donors (Lipinski definition) is 1. The van der Waals surface area contributed by atoms with Crippen LogP contribution in [0.2, 0.25) is 0 Å². The number of hydrogen-bond acceptors (Lipinski definition) is 2. The molecule has 112 valence electrons. The van der Waals surface area contributed by atoms with Crippen molar-refractivity contribution in [2.75, 3.05) is 19.8 Å². The van der Waals surface area contributed by atoms with Crippen LogP contribution in [0, 0.1) is 5.92 Å². The summed E-state index contributed by atoms with van der Waals surface area (Å²) in [4.78, 5) is 0. The molecule has 0 aromatic heterocycles. The second-order valence-electron chi connectivity index (χ2n) is 6.32. The van der Waals surface area contributed by atoms with Gasteiger partial charge in [-0.1, -0.05) is 45.0 Å². The van der Waals surface area contributed by atoms with Crippen LogP contribution in [0.3, 0.4) is 0 Å². The minimum Gasteiger partial charge on any atom is -0.381 e. The van der Waals surface area contributed by atoms with Gasteiger partial charge in [0.15, 0.2) is 0 Å². The Labute approximate surface area is 123 Å². The van der Waals surface area contributed by atoms with Gasteiger partial charge in [-0.05, 0) is 48.8 Å². The molecule has 1 N–H and O–H groups in total. The lowest BCUT2D eigenvalue weighted by Gasteiger charge is -2.21. The lowest BCUT2D eigenvalue weighted by molar-refractivity contribution is 0.181. The summed E-state index contributed by atoms with van der Waals surface area (Å²) < 4.78 is 5.50. The molecular formula is C18H29NO. The van der Waals surface area contributed by atoms with Gasteiger partial charge >= 0.3 is 0 Å². The van der Waals surface area contributed by atoms with Crippen molar-refractivity contribution in [3.63, 3.8) is 0 Å². The Bertz CT molecular complexity index is 379. The van der Waals surface area contributed by atoms with E-state index in [1.54, 1.807) is 0 Å². The Hall–Kier alpha value is -0.860. The molecule has 0 radical (unpaired) electrons. The SMILES string of the molecule is CCNC(Cc1ccc(C(C)C)cc1)CC1CCOC1. The van der Waals surface area contributed by atoms with Gasteiger partial charge in [-0.2, -0.15) is 0 Å². The molecule has 1 aliphatic heterocycles. The fourth-order valence-electron chi connectivity index (χ4n) is 3.02. The highest BCUT2D eigenvalue weighted by Gasteiger charge is 2.20. The van der Waals surface area contributed by atoms with E-state index >= 15 is 0 Å². The lowest BCUT2D eigenvalue weighted by Crippen LogP contribution is -2.33. The summed E-state index contributed by atoms with van der Waals surface area (Å²) in [6.45, 7) is 9.64. The standard InChI is InChI=1S/C18H29NO/c1-4-19-18(12-16-9-10-20-13-16)11-15-5-7-17(8-6-15)14(2)3/h5-8,14,16,18-19H,4,9-13H2,1-3H3. The molecule has 20 heavy (non-hydrogen) atoms. The third kappa shape index (κ3) is 4.60. The summed E-state index contributed by atoms with van der Waals surface area (Å²) in [5.41, 5.74) is 2.87. The molecule has 2 unspecified atom stereocenters. The molecule has 1 saturated heterocycles. The van der Waals surface area contributed by atoms with Crippen molar-refractivity contribution < 1.29 is 4.74 Å². The summed E-state index contributed by atoms with van der Waals surface area (Å²) >= 11 is 0. The van der Waals surface area contributed by atoms with Crippen molar-refractivity contribution >= 4 is 0 Å². The zero-order chi connectivity index (χ0) is 14.4. The van der Waals surface area contributed by atoms with E-state index in [9.17, 15) is 0 Å². The van der Waals surface area contributed by atoms with Crippen LogP contribution in [-0.4, -0.2) is 25.8 Å².